The molecule has 158 valence electrons. The minimum absolute atomic E-state index is 0.117. The summed E-state index contributed by atoms with van der Waals surface area (Å²) < 4.78 is 24.2. The molecule has 1 aromatic rings. The fraction of sp³-hybridized carbons (Fsp3) is 0.375. The van der Waals surface area contributed by atoms with Gasteiger partial charge in [-0.3, -0.25) is 19.4 Å². The Morgan fingerprint density at radius 1 is 1.24 bits per heavy atom. The molecule has 29 heavy (non-hydrogen) atoms. The lowest BCUT2D eigenvalue weighted by Gasteiger charge is -2.41. The number of halogens is 2. The first kappa shape index (κ1) is 23.1. The van der Waals surface area contributed by atoms with Crippen molar-refractivity contribution in [3.63, 3.8) is 0 Å². The van der Waals surface area contributed by atoms with Gasteiger partial charge >= 0.3 is 18.0 Å². The molecular weight excluding hydrogens is 449 g/mol. The number of nitrogens with zero attached hydrogens (tertiary/aromatic N) is 3. The molecule has 0 radical (unpaired) electrons. The Balaban J connectivity index is 2.23. The van der Waals surface area contributed by atoms with E-state index in [1.54, 1.807) is 0 Å². The number of thioether (sulfide) groups is 1. The minimum atomic E-state index is -0.935. The molecule has 1 fully saturated rings. The van der Waals surface area contributed by atoms with Gasteiger partial charge < -0.3 is 9.47 Å². The third-order valence-electron chi connectivity index (χ3n) is 3.85. The number of hydrogen-bond acceptors (Lipinski definition) is 8. The smallest absolute Gasteiger partial charge is 0.334 e. The molecule has 9 nitrogen and oxygen atoms in total. The number of carbonyl (C=O) groups excluding carboxylic acids is 4. The zero-order valence-electron chi connectivity index (χ0n) is 15.5. The number of urea groups is 2. The number of hydrogen-bond donors (Lipinski definition) is 1. The lowest BCUT2D eigenvalue weighted by Crippen LogP contribution is -2.62. The standard InChI is InChI=1S/C16H17ClFN3O6S2/c1-19-14(24)21(15(25)20(2)16(19)28)10-5-11(8(17)4-9(10)18)27-6-13(23)29-7-12(22)26-3/h4-5,16,28H,6-7H2,1-3H3. The van der Waals surface area contributed by atoms with E-state index in [4.69, 9.17) is 16.3 Å². The van der Waals surface area contributed by atoms with E-state index in [2.05, 4.69) is 17.4 Å². The molecule has 4 amide bonds. The van der Waals surface area contributed by atoms with Crippen LogP contribution in [-0.4, -0.2) is 72.0 Å². The van der Waals surface area contributed by atoms with E-state index >= 15 is 0 Å². The molecule has 0 N–H and O–H groups in total. The van der Waals surface area contributed by atoms with Crippen LogP contribution in [0.2, 0.25) is 5.02 Å². The Kier molecular flexibility index (Phi) is 7.60. The lowest BCUT2D eigenvalue weighted by atomic mass is 10.2. The summed E-state index contributed by atoms with van der Waals surface area (Å²) in [5.74, 6) is -1.83. The number of carbonyl (C=O) groups is 4. The summed E-state index contributed by atoms with van der Waals surface area (Å²) >= 11 is 10.8. The number of methoxy groups -OCH3 is 1. The van der Waals surface area contributed by atoms with Gasteiger partial charge in [-0.15, -0.1) is 12.6 Å². The Morgan fingerprint density at radius 2 is 1.83 bits per heavy atom. The number of benzene rings is 1. The van der Waals surface area contributed by atoms with Gasteiger partial charge in [0.05, 0.1) is 23.6 Å². The van der Waals surface area contributed by atoms with Crippen LogP contribution in [0.3, 0.4) is 0 Å². The number of rotatable bonds is 6. The average molecular weight is 466 g/mol. The second kappa shape index (κ2) is 9.55. The zero-order chi connectivity index (χ0) is 21.9. The SMILES string of the molecule is COC(=O)CSC(=O)COc1cc(N2C(=O)N(C)C(S)N(C)C2=O)c(F)cc1Cl. The first-order chi connectivity index (χ1) is 13.6. The maximum absolute atomic E-state index is 14.5. The molecule has 1 aromatic carbocycles. The van der Waals surface area contributed by atoms with Gasteiger partial charge in [0, 0.05) is 20.2 Å². The van der Waals surface area contributed by atoms with E-state index in [1.807, 2.05) is 0 Å². The summed E-state index contributed by atoms with van der Waals surface area (Å²) in [6, 6.07) is 0.313. The van der Waals surface area contributed by atoms with Crippen molar-refractivity contribution in [2.75, 3.05) is 38.5 Å². The van der Waals surface area contributed by atoms with Gasteiger partial charge in [-0.1, -0.05) is 23.4 Å². The van der Waals surface area contributed by atoms with E-state index in [9.17, 15) is 23.6 Å². The molecule has 13 heteroatoms. The number of anilines is 1. The maximum atomic E-state index is 14.5. The van der Waals surface area contributed by atoms with E-state index in [1.165, 1.54) is 21.2 Å². The van der Waals surface area contributed by atoms with Gasteiger partial charge in [0.25, 0.3) is 0 Å². The van der Waals surface area contributed by atoms with Crippen LogP contribution in [0.25, 0.3) is 0 Å². The molecule has 2 rings (SSSR count). The molecule has 0 saturated carbocycles. The first-order valence-corrected chi connectivity index (χ1v) is 9.82. The average Bonchev–Trinajstić information content (AvgIpc) is 2.69. The quantitative estimate of drug-likeness (QED) is 0.509. The van der Waals surface area contributed by atoms with E-state index < -0.39 is 46.8 Å². The van der Waals surface area contributed by atoms with Gasteiger partial charge in [-0.05, 0) is 6.07 Å². The summed E-state index contributed by atoms with van der Waals surface area (Å²) in [5.41, 5.74) is -1.21. The molecule has 0 aromatic heterocycles. The van der Waals surface area contributed by atoms with Crippen molar-refractivity contribution in [1.29, 1.82) is 0 Å². The second-order valence-electron chi connectivity index (χ2n) is 5.73. The van der Waals surface area contributed by atoms with Crippen LogP contribution in [-0.2, 0) is 14.3 Å². The van der Waals surface area contributed by atoms with Crippen LogP contribution >= 0.6 is 36.0 Å². The van der Waals surface area contributed by atoms with Gasteiger partial charge in [0.2, 0.25) is 5.12 Å². The van der Waals surface area contributed by atoms with E-state index in [0.717, 1.165) is 21.9 Å². The minimum Gasteiger partial charge on any atom is -0.483 e. The predicted molar refractivity (Wildman–Crippen MR) is 108 cm³/mol. The normalized spacial score (nSPS) is 15.0. The van der Waals surface area contributed by atoms with Crippen LogP contribution in [0, 0.1) is 5.82 Å². The zero-order valence-corrected chi connectivity index (χ0v) is 18.0. The van der Waals surface area contributed by atoms with Crippen molar-refractivity contribution in [2.24, 2.45) is 0 Å². The third-order valence-corrected chi connectivity index (χ3v) is 5.65. The summed E-state index contributed by atoms with van der Waals surface area (Å²) in [6.07, 6.45) is 0. The topological polar surface area (TPSA) is 96.5 Å². The van der Waals surface area contributed by atoms with Gasteiger partial charge in [-0.25, -0.2) is 18.9 Å². The number of esters is 1. The van der Waals surface area contributed by atoms with E-state index in [0.29, 0.717) is 16.7 Å². The van der Waals surface area contributed by atoms with Crippen molar-refractivity contribution in [3.8, 4) is 5.75 Å². The third kappa shape index (κ3) is 5.06. The predicted octanol–water partition coefficient (Wildman–Crippen LogP) is 2.43. The van der Waals surface area contributed by atoms with Crippen molar-refractivity contribution in [1.82, 2.24) is 9.80 Å². The fourth-order valence-corrected chi connectivity index (χ4v) is 3.18. The largest absolute Gasteiger partial charge is 0.483 e. The number of thiol groups is 1. The fourth-order valence-electron chi connectivity index (χ4n) is 2.24. The number of amides is 4. The Morgan fingerprint density at radius 3 is 2.38 bits per heavy atom. The van der Waals surface area contributed by atoms with Crippen LogP contribution in [0.15, 0.2) is 12.1 Å². The lowest BCUT2D eigenvalue weighted by molar-refractivity contribution is -0.137. The van der Waals surface area contributed by atoms with Crippen LogP contribution in [0.5, 0.6) is 5.75 Å². The van der Waals surface area contributed by atoms with Crippen LogP contribution < -0.4 is 9.64 Å². The molecule has 0 unspecified atom stereocenters. The molecule has 0 bridgehead atoms. The first-order valence-electron chi connectivity index (χ1n) is 7.94. The monoisotopic (exact) mass is 465 g/mol. The van der Waals surface area contributed by atoms with Crippen LogP contribution in [0.1, 0.15) is 0 Å². The van der Waals surface area contributed by atoms with Crippen LogP contribution in [0.4, 0.5) is 19.7 Å². The van der Waals surface area contributed by atoms with E-state index in [-0.39, 0.29) is 16.5 Å². The molecule has 1 aliphatic heterocycles. The number of ether oxygens (including phenoxy) is 2. The molecule has 1 aliphatic rings. The highest BCUT2D eigenvalue weighted by molar-refractivity contribution is 8.14. The number of imide groups is 1. The van der Waals surface area contributed by atoms with Gasteiger partial charge in [-0.2, -0.15) is 0 Å². The van der Waals surface area contributed by atoms with Gasteiger partial charge in [0.1, 0.15) is 11.6 Å². The molecular formula is C16H17ClFN3O6S2. The molecule has 0 atom stereocenters. The van der Waals surface area contributed by atoms with Gasteiger partial charge in [0.15, 0.2) is 12.1 Å². The Hall–Kier alpha value is -2.18. The van der Waals surface area contributed by atoms with Crippen molar-refractivity contribution < 1.29 is 33.0 Å². The summed E-state index contributed by atoms with van der Waals surface area (Å²) in [4.78, 5) is 50.7. The van der Waals surface area contributed by atoms with Crippen molar-refractivity contribution in [3.05, 3.63) is 23.0 Å². The highest BCUT2D eigenvalue weighted by atomic mass is 35.5. The summed E-state index contributed by atoms with van der Waals surface area (Å²) in [5, 5.41) is -0.664. The molecule has 1 saturated heterocycles. The summed E-state index contributed by atoms with van der Waals surface area (Å²) in [6.45, 7) is -0.479. The molecule has 0 aliphatic carbocycles. The molecule has 1 heterocycles. The second-order valence-corrected chi connectivity index (χ2v) is 7.63. The maximum Gasteiger partial charge on any atom is 0.334 e. The Bertz CT molecular complexity index is 836. The summed E-state index contributed by atoms with van der Waals surface area (Å²) in [7, 11) is 3.99. The molecule has 0 spiro atoms. The highest BCUT2D eigenvalue weighted by Gasteiger charge is 2.41. The van der Waals surface area contributed by atoms with Crippen molar-refractivity contribution >= 4 is 64.8 Å². The van der Waals surface area contributed by atoms with Crippen molar-refractivity contribution in [2.45, 2.75) is 5.50 Å². The Labute approximate surface area is 180 Å². The highest BCUT2D eigenvalue weighted by Crippen LogP contribution is 2.35.